The van der Waals surface area contributed by atoms with Gasteiger partial charge < -0.3 is 28.7 Å². The van der Waals surface area contributed by atoms with E-state index in [0.717, 1.165) is 64.3 Å². The van der Waals surface area contributed by atoms with Gasteiger partial charge >= 0.3 is 6.03 Å². The minimum absolute atomic E-state index is 0.203. The molecule has 3 heterocycles. The Kier molecular flexibility index (Phi) is 6.01. The van der Waals surface area contributed by atoms with Gasteiger partial charge in [-0.2, -0.15) is 0 Å². The maximum atomic E-state index is 12.9. The molecule has 3 aliphatic heterocycles. The number of urea groups is 1. The molecule has 0 aliphatic carbocycles. The zero-order valence-electron chi connectivity index (χ0n) is 17.6. The van der Waals surface area contributed by atoms with Crippen molar-refractivity contribution in [2.75, 3.05) is 60.7 Å². The molecule has 0 aromatic heterocycles. The fourth-order valence-corrected chi connectivity index (χ4v) is 4.73. The van der Waals surface area contributed by atoms with Crippen molar-refractivity contribution in [1.29, 1.82) is 0 Å². The normalized spacial score (nSPS) is 23.3. The molecule has 1 aromatic carbocycles. The van der Waals surface area contributed by atoms with Crippen molar-refractivity contribution in [2.45, 2.75) is 31.5 Å². The second-order valence-electron chi connectivity index (χ2n) is 7.89. The minimum atomic E-state index is 0.203. The molecule has 0 radical (unpaired) electrons. The van der Waals surface area contributed by atoms with E-state index < -0.39 is 0 Å². The summed E-state index contributed by atoms with van der Waals surface area (Å²) in [5, 5.41) is 0. The maximum Gasteiger partial charge on any atom is 0.320 e. The van der Waals surface area contributed by atoms with E-state index in [1.165, 1.54) is 0 Å². The van der Waals surface area contributed by atoms with E-state index >= 15 is 0 Å². The fraction of sp³-hybridized carbons (Fsp3) is 0.667. The van der Waals surface area contributed by atoms with E-state index in [-0.39, 0.29) is 12.1 Å². The average Bonchev–Trinajstić information content (AvgIpc) is 3.09. The lowest BCUT2D eigenvalue weighted by Gasteiger charge is -2.36. The summed E-state index contributed by atoms with van der Waals surface area (Å²) in [6.45, 7) is 5.62. The summed E-state index contributed by atoms with van der Waals surface area (Å²) >= 11 is 0. The summed E-state index contributed by atoms with van der Waals surface area (Å²) < 4.78 is 21.8. The molecule has 8 nitrogen and oxygen atoms in total. The van der Waals surface area contributed by atoms with Crippen LogP contribution in [0, 0.1) is 0 Å². The van der Waals surface area contributed by atoms with E-state index in [9.17, 15) is 4.79 Å². The highest BCUT2D eigenvalue weighted by molar-refractivity contribution is 5.77. The van der Waals surface area contributed by atoms with Gasteiger partial charge in [0.1, 0.15) is 0 Å². The molecule has 8 heteroatoms. The largest absolute Gasteiger partial charge is 0.493 e. The van der Waals surface area contributed by atoms with Crippen molar-refractivity contribution in [3.05, 3.63) is 17.7 Å². The van der Waals surface area contributed by atoms with Gasteiger partial charge in [0, 0.05) is 52.0 Å². The molecule has 0 saturated carbocycles. The van der Waals surface area contributed by atoms with E-state index in [1.807, 2.05) is 12.1 Å². The molecule has 2 amide bonds. The summed E-state index contributed by atoms with van der Waals surface area (Å²) in [5.41, 5.74) is 1.11. The zero-order chi connectivity index (χ0) is 20.4. The maximum absolute atomic E-state index is 12.9. The SMILES string of the molecule is COc1cc(CN2CCN3C(=O)N(C4CCOCC4)C[C@H]3C2)cc(OC)c1OC. The molecule has 0 bridgehead atoms. The number of rotatable bonds is 6. The van der Waals surface area contributed by atoms with Crippen LogP contribution < -0.4 is 14.2 Å². The van der Waals surface area contributed by atoms with Gasteiger partial charge in [-0.15, -0.1) is 0 Å². The second kappa shape index (κ2) is 8.67. The van der Waals surface area contributed by atoms with Crippen LogP contribution in [0.3, 0.4) is 0 Å². The standard InChI is InChI=1S/C21H31N3O5/c1-26-18-10-15(11-19(27-2)20(18)28-3)12-22-6-7-23-17(13-22)14-24(21(23)25)16-4-8-29-9-5-16/h10-11,16-17H,4-9,12-14H2,1-3H3/t17-/m1/s1. The molecular formula is C21H31N3O5. The summed E-state index contributed by atoms with van der Waals surface area (Å²) in [6.07, 6.45) is 1.89. The van der Waals surface area contributed by atoms with E-state index in [1.54, 1.807) is 21.3 Å². The Labute approximate surface area is 172 Å². The average molecular weight is 405 g/mol. The third kappa shape index (κ3) is 3.96. The summed E-state index contributed by atoms with van der Waals surface area (Å²) in [5.74, 6) is 1.95. The number of piperazine rings is 1. The molecule has 3 saturated heterocycles. The Balaban J connectivity index is 1.43. The van der Waals surface area contributed by atoms with E-state index in [0.29, 0.717) is 23.3 Å². The van der Waals surface area contributed by atoms with Gasteiger partial charge in [-0.3, -0.25) is 4.90 Å². The van der Waals surface area contributed by atoms with E-state index in [4.69, 9.17) is 18.9 Å². The molecule has 3 fully saturated rings. The second-order valence-corrected chi connectivity index (χ2v) is 7.89. The van der Waals surface area contributed by atoms with Gasteiger partial charge in [0.25, 0.3) is 0 Å². The molecule has 1 atom stereocenters. The van der Waals surface area contributed by atoms with Gasteiger partial charge in [-0.05, 0) is 30.5 Å². The van der Waals surface area contributed by atoms with E-state index in [2.05, 4.69) is 14.7 Å². The minimum Gasteiger partial charge on any atom is -0.493 e. The molecule has 4 rings (SSSR count). The van der Waals surface area contributed by atoms with Crippen LogP contribution in [-0.4, -0.2) is 93.5 Å². The number of methoxy groups -OCH3 is 3. The van der Waals surface area contributed by atoms with Crippen LogP contribution in [0.1, 0.15) is 18.4 Å². The van der Waals surface area contributed by atoms with Crippen molar-refractivity contribution in [3.8, 4) is 17.2 Å². The first kappa shape index (κ1) is 20.1. The predicted octanol–water partition coefficient (Wildman–Crippen LogP) is 1.81. The van der Waals surface area contributed by atoms with Crippen LogP contribution in [-0.2, 0) is 11.3 Å². The van der Waals surface area contributed by atoms with Gasteiger partial charge in [0.15, 0.2) is 11.5 Å². The van der Waals surface area contributed by atoms with Crippen LogP contribution >= 0.6 is 0 Å². The van der Waals surface area contributed by atoms with Crippen LogP contribution in [0.15, 0.2) is 12.1 Å². The lowest BCUT2D eigenvalue weighted by molar-refractivity contribution is 0.0504. The highest BCUT2D eigenvalue weighted by atomic mass is 16.5. The summed E-state index contributed by atoms with van der Waals surface area (Å²) in [4.78, 5) is 19.4. The Bertz CT molecular complexity index is 712. The lowest BCUT2D eigenvalue weighted by Crippen LogP contribution is -2.51. The smallest absolute Gasteiger partial charge is 0.320 e. The van der Waals surface area contributed by atoms with Crippen LogP contribution in [0.2, 0.25) is 0 Å². The molecule has 0 spiro atoms. The number of hydrogen-bond acceptors (Lipinski definition) is 6. The van der Waals surface area contributed by atoms with Gasteiger partial charge in [0.2, 0.25) is 5.75 Å². The Morgan fingerprint density at radius 1 is 0.931 bits per heavy atom. The first-order chi connectivity index (χ1) is 14.1. The number of carbonyl (C=O) groups is 1. The van der Waals surface area contributed by atoms with Crippen molar-refractivity contribution >= 4 is 6.03 Å². The van der Waals surface area contributed by atoms with Crippen LogP contribution in [0.5, 0.6) is 17.2 Å². The number of carbonyl (C=O) groups excluding carboxylic acids is 1. The van der Waals surface area contributed by atoms with Gasteiger partial charge in [0.05, 0.1) is 27.4 Å². The topological polar surface area (TPSA) is 63.7 Å². The van der Waals surface area contributed by atoms with Crippen LogP contribution in [0.25, 0.3) is 0 Å². The predicted molar refractivity (Wildman–Crippen MR) is 108 cm³/mol. The van der Waals surface area contributed by atoms with Crippen LogP contribution in [0.4, 0.5) is 4.79 Å². The number of amides is 2. The summed E-state index contributed by atoms with van der Waals surface area (Å²) in [7, 11) is 4.88. The monoisotopic (exact) mass is 405 g/mol. The summed E-state index contributed by atoms with van der Waals surface area (Å²) in [6, 6.07) is 4.78. The van der Waals surface area contributed by atoms with Gasteiger partial charge in [-0.25, -0.2) is 4.79 Å². The number of hydrogen-bond donors (Lipinski definition) is 0. The number of nitrogens with zero attached hydrogens (tertiary/aromatic N) is 3. The molecule has 0 N–H and O–H groups in total. The quantitative estimate of drug-likeness (QED) is 0.719. The molecule has 160 valence electrons. The fourth-order valence-electron chi connectivity index (χ4n) is 4.73. The van der Waals surface area contributed by atoms with Crippen molar-refractivity contribution in [2.24, 2.45) is 0 Å². The highest BCUT2D eigenvalue weighted by Gasteiger charge is 2.43. The highest BCUT2D eigenvalue weighted by Crippen LogP contribution is 2.38. The third-order valence-corrected chi connectivity index (χ3v) is 6.23. The number of fused-ring (bicyclic) bond motifs is 1. The van der Waals surface area contributed by atoms with Crippen molar-refractivity contribution < 1.29 is 23.7 Å². The third-order valence-electron chi connectivity index (χ3n) is 6.23. The zero-order valence-corrected chi connectivity index (χ0v) is 17.6. The Morgan fingerprint density at radius 2 is 1.62 bits per heavy atom. The molecule has 0 unspecified atom stereocenters. The Hall–Kier alpha value is -2.19. The molecular weight excluding hydrogens is 374 g/mol. The Morgan fingerprint density at radius 3 is 2.24 bits per heavy atom. The lowest BCUT2D eigenvalue weighted by atomic mass is 10.1. The van der Waals surface area contributed by atoms with Gasteiger partial charge in [-0.1, -0.05) is 0 Å². The number of benzene rings is 1. The first-order valence-electron chi connectivity index (χ1n) is 10.3. The molecule has 3 aliphatic rings. The molecule has 29 heavy (non-hydrogen) atoms. The molecule has 1 aromatic rings. The van der Waals surface area contributed by atoms with Crippen molar-refractivity contribution in [1.82, 2.24) is 14.7 Å². The number of ether oxygens (including phenoxy) is 4. The first-order valence-corrected chi connectivity index (χ1v) is 10.3. The van der Waals surface area contributed by atoms with Crippen molar-refractivity contribution in [3.63, 3.8) is 0 Å².